The Hall–Kier alpha value is -3.23. The van der Waals surface area contributed by atoms with Gasteiger partial charge >= 0.3 is 0 Å². The molecule has 2 amide bonds. The Morgan fingerprint density at radius 3 is 2.46 bits per heavy atom. The highest BCUT2D eigenvalue weighted by Gasteiger charge is 2.42. The van der Waals surface area contributed by atoms with Gasteiger partial charge in [0.2, 0.25) is 0 Å². The van der Waals surface area contributed by atoms with Crippen molar-refractivity contribution in [3.8, 4) is 0 Å². The number of halogens is 3. The highest BCUT2D eigenvalue weighted by atomic mass is 19.3. The van der Waals surface area contributed by atoms with Gasteiger partial charge in [-0.05, 0) is 23.3 Å². The van der Waals surface area contributed by atoms with Gasteiger partial charge in [-0.2, -0.15) is 0 Å². The van der Waals surface area contributed by atoms with E-state index in [0.717, 1.165) is 30.3 Å². The van der Waals surface area contributed by atoms with Crippen LogP contribution in [0.15, 0.2) is 42.5 Å². The summed E-state index contributed by atoms with van der Waals surface area (Å²) >= 11 is 0. The molecule has 3 rings (SSSR count). The highest BCUT2D eigenvalue weighted by Crippen LogP contribution is 2.38. The van der Waals surface area contributed by atoms with Crippen LogP contribution in [-0.4, -0.2) is 22.7 Å². The maximum Gasteiger partial charge on any atom is 0.286 e. The molecular formula is C17H11F3N2O4. The van der Waals surface area contributed by atoms with Crippen LogP contribution in [0.25, 0.3) is 0 Å². The number of nitrogens with zero attached hydrogens (tertiary/aromatic N) is 1. The molecule has 6 nitrogen and oxygen atoms in total. The van der Waals surface area contributed by atoms with Crippen molar-refractivity contribution in [3.05, 3.63) is 74.8 Å². The van der Waals surface area contributed by atoms with Crippen LogP contribution in [0.2, 0.25) is 0 Å². The lowest BCUT2D eigenvalue weighted by Crippen LogP contribution is -2.26. The van der Waals surface area contributed by atoms with Gasteiger partial charge in [-0.1, -0.05) is 18.2 Å². The Labute approximate surface area is 144 Å². The van der Waals surface area contributed by atoms with Gasteiger partial charge in [0, 0.05) is 18.6 Å². The molecule has 0 fully saturated rings. The standard InChI is InChI=1S/C17H11F3N2O4/c18-14(10-2-1-3-11(7-10)22(25)26)17(19,20)8-9-4-5-12-13(6-9)16(24)21-15(12)23/h1-7,14H,8H2,(H,21,23,24). The second-order valence-corrected chi connectivity index (χ2v) is 5.82. The largest absolute Gasteiger partial charge is 0.288 e. The summed E-state index contributed by atoms with van der Waals surface area (Å²) in [5, 5.41) is 12.7. The average Bonchev–Trinajstić information content (AvgIpc) is 2.87. The quantitative estimate of drug-likeness (QED) is 0.500. The van der Waals surface area contributed by atoms with Gasteiger partial charge in [-0.15, -0.1) is 0 Å². The molecule has 0 aromatic heterocycles. The maximum absolute atomic E-state index is 14.3. The fraction of sp³-hybridized carbons (Fsp3) is 0.176. The van der Waals surface area contributed by atoms with Gasteiger partial charge in [0.1, 0.15) is 0 Å². The normalized spacial score (nSPS) is 14.7. The zero-order valence-electron chi connectivity index (χ0n) is 13.0. The molecule has 1 aliphatic heterocycles. The first-order valence-electron chi connectivity index (χ1n) is 7.44. The molecule has 0 radical (unpaired) electrons. The fourth-order valence-electron chi connectivity index (χ4n) is 2.73. The summed E-state index contributed by atoms with van der Waals surface area (Å²) in [5.41, 5.74) is -1.02. The molecule has 134 valence electrons. The number of rotatable bonds is 5. The lowest BCUT2D eigenvalue weighted by molar-refractivity contribution is -0.385. The van der Waals surface area contributed by atoms with E-state index in [1.807, 2.05) is 5.32 Å². The molecule has 0 saturated carbocycles. The van der Waals surface area contributed by atoms with Crippen LogP contribution >= 0.6 is 0 Å². The fourth-order valence-corrected chi connectivity index (χ4v) is 2.73. The van der Waals surface area contributed by atoms with Gasteiger partial charge in [-0.25, -0.2) is 13.2 Å². The molecule has 0 bridgehead atoms. The number of hydrogen-bond donors (Lipinski definition) is 1. The number of nitrogens with one attached hydrogen (secondary N) is 1. The topological polar surface area (TPSA) is 89.3 Å². The molecule has 1 N–H and O–H groups in total. The van der Waals surface area contributed by atoms with Gasteiger partial charge in [-0.3, -0.25) is 25.0 Å². The van der Waals surface area contributed by atoms with Crippen molar-refractivity contribution in [2.45, 2.75) is 18.5 Å². The summed E-state index contributed by atoms with van der Waals surface area (Å²) in [4.78, 5) is 33.0. The van der Waals surface area contributed by atoms with Crippen LogP contribution < -0.4 is 5.32 Å². The minimum atomic E-state index is -3.87. The summed E-state index contributed by atoms with van der Waals surface area (Å²) in [7, 11) is 0. The molecule has 9 heteroatoms. The van der Waals surface area contributed by atoms with Gasteiger partial charge in [0.25, 0.3) is 23.4 Å². The monoisotopic (exact) mass is 364 g/mol. The molecule has 0 saturated heterocycles. The lowest BCUT2D eigenvalue weighted by atomic mass is 9.96. The number of carbonyl (C=O) groups is 2. The molecule has 1 unspecified atom stereocenters. The number of fused-ring (bicyclic) bond motifs is 1. The van der Waals surface area contributed by atoms with Crippen LogP contribution in [0.5, 0.6) is 0 Å². The second kappa shape index (κ2) is 6.25. The van der Waals surface area contributed by atoms with Gasteiger partial charge in [0.15, 0.2) is 6.17 Å². The molecule has 1 aliphatic rings. The zero-order chi connectivity index (χ0) is 19.1. The Morgan fingerprint density at radius 1 is 1.08 bits per heavy atom. The van der Waals surface area contributed by atoms with E-state index in [1.165, 1.54) is 12.1 Å². The van der Waals surface area contributed by atoms with Crippen LogP contribution in [-0.2, 0) is 6.42 Å². The van der Waals surface area contributed by atoms with Crippen molar-refractivity contribution in [3.63, 3.8) is 0 Å². The predicted molar refractivity (Wildman–Crippen MR) is 83.8 cm³/mol. The van der Waals surface area contributed by atoms with Crippen molar-refractivity contribution in [2.24, 2.45) is 0 Å². The Kier molecular flexibility index (Phi) is 4.23. The molecular weight excluding hydrogens is 353 g/mol. The number of alkyl halides is 3. The van der Waals surface area contributed by atoms with Crippen molar-refractivity contribution < 1.29 is 27.7 Å². The van der Waals surface area contributed by atoms with Gasteiger partial charge in [0.05, 0.1) is 16.1 Å². The maximum atomic E-state index is 14.3. The number of non-ortho nitro benzene ring substituents is 1. The summed E-state index contributed by atoms with van der Waals surface area (Å²) in [6.07, 6.45) is -3.81. The van der Waals surface area contributed by atoms with E-state index in [1.54, 1.807) is 0 Å². The summed E-state index contributed by atoms with van der Waals surface area (Å²) in [6, 6.07) is 7.55. The predicted octanol–water partition coefficient (Wildman–Crippen LogP) is 3.37. The Balaban J connectivity index is 1.86. The summed E-state index contributed by atoms with van der Waals surface area (Å²) in [5.74, 6) is -5.20. The number of hydrogen-bond acceptors (Lipinski definition) is 4. The number of amides is 2. The second-order valence-electron chi connectivity index (χ2n) is 5.82. The summed E-state index contributed by atoms with van der Waals surface area (Å²) in [6.45, 7) is 0. The highest BCUT2D eigenvalue weighted by molar-refractivity contribution is 6.21. The van der Waals surface area contributed by atoms with E-state index >= 15 is 0 Å². The Morgan fingerprint density at radius 2 is 1.77 bits per heavy atom. The number of nitro groups is 1. The van der Waals surface area contributed by atoms with Crippen LogP contribution in [0, 0.1) is 10.1 Å². The van der Waals surface area contributed by atoms with Crippen molar-refractivity contribution >= 4 is 17.5 Å². The minimum Gasteiger partial charge on any atom is -0.288 e. The summed E-state index contributed by atoms with van der Waals surface area (Å²) < 4.78 is 43.0. The molecule has 26 heavy (non-hydrogen) atoms. The van der Waals surface area contributed by atoms with E-state index in [2.05, 4.69) is 0 Å². The molecule has 1 heterocycles. The third-order valence-electron chi connectivity index (χ3n) is 3.98. The van der Waals surface area contributed by atoms with Crippen LogP contribution in [0.4, 0.5) is 18.9 Å². The van der Waals surface area contributed by atoms with Crippen LogP contribution in [0.3, 0.4) is 0 Å². The molecule has 0 aliphatic carbocycles. The number of nitro benzene ring substituents is 1. The minimum absolute atomic E-state index is 0.0355. The number of imide groups is 1. The molecule has 1 atom stereocenters. The first-order valence-corrected chi connectivity index (χ1v) is 7.44. The van der Waals surface area contributed by atoms with Gasteiger partial charge < -0.3 is 0 Å². The third kappa shape index (κ3) is 3.15. The number of benzene rings is 2. The smallest absolute Gasteiger partial charge is 0.286 e. The zero-order valence-corrected chi connectivity index (χ0v) is 13.0. The van der Waals surface area contributed by atoms with Crippen molar-refractivity contribution in [1.82, 2.24) is 5.32 Å². The lowest BCUT2D eigenvalue weighted by Gasteiger charge is -2.21. The SMILES string of the molecule is O=C1NC(=O)c2cc(CC(F)(F)C(F)c3cccc([N+](=O)[O-])c3)ccc21. The molecule has 0 spiro atoms. The first-order chi connectivity index (χ1) is 12.2. The van der Waals surface area contributed by atoms with E-state index in [9.17, 15) is 32.9 Å². The first kappa shape index (κ1) is 17.6. The Bertz CT molecular complexity index is 930. The van der Waals surface area contributed by atoms with E-state index in [4.69, 9.17) is 0 Å². The van der Waals surface area contributed by atoms with E-state index in [-0.39, 0.29) is 16.7 Å². The molecule has 2 aromatic rings. The third-order valence-corrected chi connectivity index (χ3v) is 3.98. The van der Waals surface area contributed by atoms with Crippen molar-refractivity contribution in [2.75, 3.05) is 0 Å². The van der Waals surface area contributed by atoms with E-state index in [0.29, 0.717) is 0 Å². The average molecular weight is 364 g/mol. The molecule has 2 aromatic carbocycles. The number of carbonyl (C=O) groups excluding carboxylic acids is 2. The van der Waals surface area contributed by atoms with E-state index < -0.39 is 46.5 Å². The van der Waals surface area contributed by atoms with Crippen LogP contribution in [0.1, 0.15) is 38.0 Å². The van der Waals surface area contributed by atoms with Crippen molar-refractivity contribution in [1.29, 1.82) is 0 Å².